The monoisotopic (exact) mass is 317 g/mol. The Morgan fingerprint density at radius 3 is 2.58 bits per heavy atom. The van der Waals surface area contributed by atoms with E-state index in [4.69, 9.17) is 35.4 Å². The molecule has 1 heterocycles. The lowest BCUT2D eigenvalue weighted by molar-refractivity contribution is 0.388. The van der Waals surface area contributed by atoms with E-state index in [1.165, 1.54) is 0 Å². The van der Waals surface area contributed by atoms with Crippen LogP contribution in [-0.2, 0) is 6.54 Å². The predicted molar refractivity (Wildman–Crippen MR) is 84.9 cm³/mol. The zero-order chi connectivity index (χ0) is 14.0. The average Bonchev–Trinajstić information content (AvgIpc) is 2.61. The van der Waals surface area contributed by atoms with Crippen molar-refractivity contribution in [3.8, 4) is 0 Å². The topological polar surface area (TPSA) is 24.0 Å². The number of imidazole rings is 1. The van der Waals surface area contributed by atoms with Gasteiger partial charge in [0.15, 0.2) is 4.77 Å². The number of nitrogens with zero attached hydrogens (tertiary/aromatic N) is 2. The minimum atomic E-state index is 0.546. The Labute approximate surface area is 128 Å². The van der Waals surface area contributed by atoms with E-state index in [2.05, 4.69) is 28.5 Å². The Morgan fingerprint density at radius 2 is 1.89 bits per heavy atom. The molecule has 0 fully saturated rings. The van der Waals surface area contributed by atoms with Crippen LogP contribution in [0.25, 0.3) is 11.0 Å². The van der Waals surface area contributed by atoms with Gasteiger partial charge in [-0.05, 0) is 57.8 Å². The summed E-state index contributed by atoms with van der Waals surface area (Å²) >= 11 is 17.4. The summed E-state index contributed by atoms with van der Waals surface area (Å²) in [4.78, 5) is 5.35. The van der Waals surface area contributed by atoms with Crippen molar-refractivity contribution in [1.82, 2.24) is 14.5 Å². The summed E-state index contributed by atoms with van der Waals surface area (Å²) in [6.07, 6.45) is 2.22. The van der Waals surface area contributed by atoms with E-state index in [1.807, 2.05) is 12.1 Å². The second-order valence-corrected chi connectivity index (χ2v) is 6.08. The lowest BCUT2D eigenvalue weighted by Crippen LogP contribution is -2.13. The fourth-order valence-electron chi connectivity index (χ4n) is 2.07. The van der Waals surface area contributed by atoms with Crippen molar-refractivity contribution >= 4 is 46.5 Å². The van der Waals surface area contributed by atoms with Gasteiger partial charge in [0.05, 0.1) is 21.1 Å². The van der Waals surface area contributed by atoms with Crippen LogP contribution in [0, 0.1) is 4.77 Å². The first-order valence-corrected chi connectivity index (χ1v) is 7.38. The first-order valence-electron chi connectivity index (χ1n) is 6.21. The summed E-state index contributed by atoms with van der Waals surface area (Å²) in [5.41, 5.74) is 1.95. The molecular formula is C13H17Cl2N3S. The van der Waals surface area contributed by atoms with Crippen LogP contribution in [0.1, 0.15) is 12.8 Å². The van der Waals surface area contributed by atoms with Gasteiger partial charge < -0.3 is 14.5 Å². The Kier molecular flexibility index (Phi) is 4.90. The van der Waals surface area contributed by atoms with E-state index < -0.39 is 0 Å². The molecule has 0 amide bonds. The number of aromatic nitrogens is 2. The summed E-state index contributed by atoms with van der Waals surface area (Å²) in [7, 11) is 4.16. The number of hydrogen-bond acceptors (Lipinski definition) is 2. The maximum atomic E-state index is 6.07. The predicted octanol–water partition coefficient (Wildman–Crippen LogP) is 4.35. The lowest BCUT2D eigenvalue weighted by Gasteiger charge is -2.09. The van der Waals surface area contributed by atoms with E-state index in [0.717, 1.165) is 41.7 Å². The molecule has 3 nitrogen and oxygen atoms in total. The smallest absolute Gasteiger partial charge is 0.178 e. The lowest BCUT2D eigenvalue weighted by atomic mass is 10.2. The molecule has 0 aliphatic rings. The van der Waals surface area contributed by atoms with Gasteiger partial charge in [-0.3, -0.25) is 0 Å². The number of benzene rings is 1. The molecule has 0 radical (unpaired) electrons. The third-order valence-electron chi connectivity index (χ3n) is 3.05. The standard InChI is InChI=1S/C13H17Cl2N3S/c1-17(2)5-3-4-6-18-12-8-10(15)9(14)7-11(12)16-13(18)19/h7-8H,3-6H2,1-2H3,(H,16,19). The molecular weight excluding hydrogens is 301 g/mol. The molecule has 0 unspecified atom stereocenters. The number of H-pyrrole nitrogens is 1. The Morgan fingerprint density at radius 1 is 1.21 bits per heavy atom. The zero-order valence-corrected chi connectivity index (χ0v) is 13.4. The molecule has 0 atom stereocenters. The number of nitrogens with one attached hydrogen (secondary N) is 1. The highest BCUT2D eigenvalue weighted by molar-refractivity contribution is 7.71. The largest absolute Gasteiger partial charge is 0.331 e. The molecule has 1 aromatic heterocycles. The maximum Gasteiger partial charge on any atom is 0.178 e. The number of aryl methyl sites for hydroxylation is 1. The van der Waals surface area contributed by atoms with Crippen LogP contribution in [0.4, 0.5) is 0 Å². The molecule has 0 saturated heterocycles. The first-order chi connectivity index (χ1) is 8.99. The molecule has 104 valence electrons. The number of rotatable bonds is 5. The van der Waals surface area contributed by atoms with E-state index in [1.54, 1.807) is 0 Å². The fourth-order valence-corrected chi connectivity index (χ4v) is 2.69. The number of fused-ring (bicyclic) bond motifs is 1. The third kappa shape index (κ3) is 3.51. The molecule has 1 N–H and O–H groups in total. The number of halogens is 2. The van der Waals surface area contributed by atoms with E-state index in [-0.39, 0.29) is 0 Å². The highest BCUT2D eigenvalue weighted by Gasteiger charge is 2.08. The summed E-state index contributed by atoms with van der Waals surface area (Å²) in [6, 6.07) is 3.70. The molecule has 0 saturated carbocycles. The van der Waals surface area contributed by atoms with Gasteiger partial charge in [0, 0.05) is 6.54 Å². The molecule has 0 bridgehead atoms. The van der Waals surface area contributed by atoms with Crippen molar-refractivity contribution in [2.75, 3.05) is 20.6 Å². The molecule has 6 heteroatoms. The van der Waals surface area contributed by atoms with E-state index >= 15 is 0 Å². The molecule has 2 aromatic rings. The second-order valence-electron chi connectivity index (χ2n) is 4.88. The Hall–Kier alpha value is -0.550. The normalized spacial score (nSPS) is 11.6. The maximum absolute atomic E-state index is 6.07. The van der Waals surface area contributed by atoms with Crippen LogP contribution in [0.3, 0.4) is 0 Å². The van der Waals surface area contributed by atoms with Crippen LogP contribution in [0.5, 0.6) is 0 Å². The minimum absolute atomic E-state index is 0.546. The van der Waals surface area contributed by atoms with Gasteiger partial charge in [0.1, 0.15) is 0 Å². The van der Waals surface area contributed by atoms with Crippen molar-refractivity contribution in [3.63, 3.8) is 0 Å². The van der Waals surface area contributed by atoms with Gasteiger partial charge >= 0.3 is 0 Å². The molecule has 0 aliphatic heterocycles. The number of unbranched alkanes of at least 4 members (excludes halogenated alkanes) is 1. The highest BCUT2D eigenvalue weighted by atomic mass is 35.5. The van der Waals surface area contributed by atoms with Crippen molar-refractivity contribution in [3.05, 3.63) is 26.9 Å². The molecule has 19 heavy (non-hydrogen) atoms. The van der Waals surface area contributed by atoms with Crippen LogP contribution in [0.15, 0.2) is 12.1 Å². The second kappa shape index (κ2) is 6.27. The molecule has 0 aliphatic carbocycles. The van der Waals surface area contributed by atoms with Crippen molar-refractivity contribution in [2.24, 2.45) is 0 Å². The number of aromatic amines is 1. The van der Waals surface area contributed by atoms with Crippen LogP contribution < -0.4 is 0 Å². The first kappa shape index (κ1) is 14.9. The summed E-state index contributed by atoms with van der Waals surface area (Å²) < 4.78 is 2.81. The molecule has 0 spiro atoms. The van der Waals surface area contributed by atoms with Gasteiger partial charge in [-0.25, -0.2) is 0 Å². The van der Waals surface area contributed by atoms with Gasteiger partial charge in [0.25, 0.3) is 0 Å². The summed E-state index contributed by atoms with van der Waals surface area (Å²) in [6.45, 7) is 1.98. The quantitative estimate of drug-likeness (QED) is 0.655. The zero-order valence-electron chi connectivity index (χ0n) is 11.0. The van der Waals surface area contributed by atoms with Crippen molar-refractivity contribution in [2.45, 2.75) is 19.4 Å². The average molecular weight is 318 g/mol. The Balaban J connectivity index is 2.20. The molecule has 2 rings (SSSR count). The van der Waals surface area contributed by atoms with Crippen LogP contribution >= 0.6 is 35.4 Å². The summed E-state index contributed by atoms with van der Waals surface area (Å²) in [5.74, 6) is 0. The van der Waals surface area contributed by atoms with E-state index in [0.29, 0.717) is 10.0 Å². The van der Waals surface area contributed by atoms with Crippen LogP contribution in [0.2, 0.25) is 10.0 Å². The van der Waals surface area contributed by atoms with Gasteiger partial charge in [0.2, 0.25) is 0 Å². The minimum Gasteiger partial charge on any atom is -0.331 e. The Bertz CT molecular complexity index is 631. The van der Waals surface area contributed by atoms with E-state index in [9.17, 15) is 0 Å². The molecule has 1 aromatic carbocycles. The van der Waals surface area contributed by atoms with Gasteiger partial charge in [-0.15, -0.1) is 0 Å². The van der Waals surface area contributed by atoms with Gasteiger partial charge in [-0.1, -0.05) is 23.2 Å². The SMILES string of the molecule is CN(C)CCCCn1c(=S)[nH]c2cc(Cl)c(Cl)cc21. The number of hydrogen-bond donors (Lipinski definition) is 1. The summed E-state index contributed by atoms with van der Waals surface area (Å²) in [5, 5.41) is 1.11. The highest BCUT2D eigenvalue weighted by Crippen LogP contribution is 2.27. The van der Waals surface area contributed by atoms with Crippen molar-refractivity contribution < 1.29 is 0 Å². The van der Waals surface area contributed by atoms with Crippen molar-refractivity contribution in [1.29, 1.82) is 0 Å². The van der Waals surface area contributed by atoms with Gasteiger partial charge in [-0.2, -0.15) is 0 Å². The fraction of sp³-hybridized carbons (Fsp3) is 0.462. The third-order valence-corrected chi connectivity index (χ3v) is 4.10. The van der Waals surface area contributed by atoms with Crippen LogP contribution in [-0.4, -0.2) is 35.1 Å².